The summed E-state index contributed by atoms with van der Waals surface area (Å²) in [5.74, 6) is 0.298. The number of likely N-dealkylation sites (N-methyl/N-ethyl adjacent to an activating group) is 1. The van der Waals surface area contributed by atoms with Crippen LogP contribution in [0.25, 0.3) is 0 Å². The van der Waals surface area contributed by atoms with E-state index in [2.05, 4.69) is 28.9 Å². The number of carbonyl (C=O) groups excluding carboxylic acids is 1. The second kappa shape index (κ2) is 7.18. The number of aromatic nitrogens is 1. The monoisotopic (exact) mass is 295 g/mol. The van der Waals surface area contributed by atoms with Crippen molar-refractivity contribution >= 4 is 17.2 Å². The van der Waals surface area contributed by atoms with E-state index in [1.165, 1.54) is 17.7 Å². The largest absolute Gasteiger partial charge is 0.341 e. The molecule has 1 aromatic heterocycles. The van der Waals surface area contributed by atoms with Gasteiger partial charge in [0, 0.05) is 30.4 Å². The number of likely N-dealkylation sites (tertiary alicyclic amines) is 1. The smallest absolute Gasteiger partial charge is 0.222 e. The maximum atomic E-state index is 12.4. The zero-order valence-electron chi connectivity index (χ0n) is 12.8. The summed E-state index contributed by atoms with van der Waals surface area (Å²) in [6.45, 7) is 3.82. The number of rotatable bonds is 4. The van der Waals surface area contributed by atoms with Gasteiger partial charge in [0.1, 0.15) is 0 Å². The van der Waals surface area contributed by atoms with Crippen molar-refractivity contribution in [2.75, 3.05) is 27.2 Å². The van der Waals surface area contributed by atoms with E-state index in [9.17, 15) is 4.79 Å². The highest BCUT2D eigenvalue weighted by Gasteiger charge is 2.23. The summed E-state index contributed by atoms with van der Waals surface area (Å²) in [6.07, 6.45) is 5.00. The lowest BCUT2D eigenvalue weighted by Crippen LogP contribution is -2.42. The van der Waals surface area contributed by atoms with Crippen LogP contribution in [-0.2, 0) is 11.2 Å². The summed E-state index contributed by atoms with van der Waals surface area (Å²) in [5.41, 5.74) is 2.94. The molecule has 0 unspecified atom stereocenters. The highest BCUT2D eigenvalue weighted by Crippen LogP contribution is 2.18. The molecule has 4 nitrogen and oxygen atoms in total. The van der Waals surface area contributed by atoms with E-state index < -0.39 is 0 Å². The lowest BCUT2D eigenvalue weighted by atomic mass is 10.1. The molecule has 0 aromatic carbocycles. The van der Waals surface area contributed by atoms with Gasteiger partial charge in [-0.1, -0.05) is 6.42 Å². The van der Waals surface area contributed by atoms with Crippen LogP contribution < -0.4 is 0 Å². The normalized spacial score (nSPS) is 20.2. The summed E-state index contributed by atoms with van der Waals surface area (Å²) >= 11 is 1.66. The molecule has 1 fully saturated rings. The van der Waals surface area contributed by atoms with Crippen molar-refractivity contribution < 1.29 is 4.79 Å². The van der Waals surface area contributed by atoms with E-state index in [1.807, 2.05) is 12.4 Å². The van der Waals surface area contributed by atoms with Crippen LogP contribution in [0.1, 0.15) is 36.3 Å². The number of thiazole rings is 1. The first-order chi connectivity index (χ1) is 9.58. The molecule has 1 atom stereocenters. The molecule has 5 heteroatoms. The Hall–Kier alpha value is -0.940. The molecule has 2 rings (SSSR count). The van der Waals surface area contributed by atoms with E-state index in [0.717, 1.165) is 31.6 Å². The van der Waals surface area contributed by atoms with E-state index in [1.54, 1.807) is 11.3 Å². The van der Waals surface area contributed by atoms with Crippen LogP contribution in [0.2, 0.25) is 0 Å². The van der Waals surface area contributed by atoms with E-state index >= 15 is 0 Å². The fourth-order valence-electron chi connectivity index (χ4n) is 2.71. The molecule has 0 bridgehead atoms. The summed E-state index contributed by atoms with van der Waals surface area (Å²) < 4.78 is 0. The minimum Gasteiger partial charge on any atom is -0.341 e. The van der Waals surface area contributed by atoms with E-state index in [4.69, 9.17) is 0 Å². The number of amides is 1. The van der Waals surface area contributed by atoms with Crippen LogP contribution in [0.4, 0.5) is 0 Å². The Morgan fingerprint density at radius 1 is 1.50 bits per heavy atom. The first-order valence-electron chi connectivity index (χ1n) is 7.41. The van der Waals surface area contributed by atoms with Gasteiger partial charge < -0.3 is 9.80 Å². The zero-order chi connectivity index (χ0) is 14.5. The maximum absolute atomic E-state index is 12.4. The highest BCUT2D eigenvalue weighted by atomic mass is 32.1. The van der Waals surface area contributed by atoms with Gasteiger partial charge in [0.15, 0.2) is 0 Å². The van der Waals surface area contributed by atoms with Crippen molar-refractivity contribution in [1.29, 1.82) is 0 Å². The molecule has 0 radical (unpaired) electrons. The van der Waals surface area contributed by atoms with Gasteiger partial charge in [-0.15, -0.1) is 11.3 Å². The molecule has 1 aliphatic heterocycles. The molecule has 0 aliphatic carbocycles. The minimum absolute atomic E-state index is 0.298. The second-order valence-corrected chi connectivity index (χ2v) is 6.75. The third-order valence-corrected chi connectivity index (χ3v) is 5.14. The number of aryl methyl sites for hydroxylation is 2. The molecule has 0 saturated carbocycles. The Labute approximate surface area is 125 Å². The zero-order valence-corrected chi connectivity index (χ0v) is 13.6. The molecular formula is C15H25N3OS. The van der Waals surface area contributed by atoms with E-state index in [0.29, 0.717) is 18.4 Å². The van der Waals surface area contributed by atoms with Crippen molar-refractivity contribution in [3.8, 4) is 0 Å². The molecule has 0 spiro atoms. The Bertz CT molecular complexity index is 444. The SMILES string of the molecule is Cc1ncsc1CCC(=O)N1CCCC[C@H](N(C)C)C1. The van der Waals surface area contributed by atoms with Gasteiger partial charge in [-0.25, -0.2) is 4.98 Å². The maximum Gasteiger partial charge on any atom is 0.222 e. The van der Waals surface area contributed by atoms with Crippen LogP contribution in [0.5, 0.6) is 0 Å². The van der Waals surface area contributed by atoms with Gasteiger partial charge in [-0.3, -0.25) is 4.79 Å². The molecule has 1 aliphatic rings. The van der Waals surface area contributed by atoms with Gasteiger partial charge in [-0.2, -0.15) is 0 Å². The molecule has 0 N–H and O–H groups in total. The highest BCUT2D eigenvalue weighted by molar-refractivity contribution is 7.09. The van der Waals surface area contributed by atoms with Crippen LogP contribution in [0, 0.1) is 6.92 Å². The quantitative estimate of drug-likeness (QED) is 0.855. The third kappa shape index (κ3) is 4.03. The second-order valence-electron chi connectivity index (χ2n) is 5.81. The van der Waals surface area contributed by atoms with E-state index in [-0.39, 0.29) is 0 Å². The molecule has 112 valence electrons. The van der Waals surface area contributed by atoms with Crippen molar-refractivity contribution in [2.24, 2.45) is 0 Å². The van der Waals surface area contributed by atoms with Crippen LogP contribution in [0.3, 0.4) is 0 Å². The van der Waals surface area contributed by atoms with Crippen LogP contribution in [-0.4, -0.2) is 53.9 Å². The number of carbonyl (C=O) groups is 1. The van der Waals surface area contributed by atoms with Gasteiger partial charge in [0.2, 0.25) is 5.91 Å². The van der Waals surface area contributed by atoms with Crippen molar-refractivity contribution in [3.63, 3.8) is 0 Å². The topological polar surface area (TPSA) is 36.4 Å². The number of hydrogen-bond donors (Lipinski definition) is 0. The molecule has 1 saturated heterocycles. The lowest BCUT2D eigenvalue weighted by molar-refractivity contribution is -0.131. The average molecular weight is 295 g/mol. The van der Waals surface area contributed by atoms with Gasteiger partial charge >= 0.3 is 0 Å². The molecule has 1 aromatic rings. The number of nitrogens with zero attached hydrogens (tertiary/aromatic N) is 3. The minimum atomic E-state index is 0.298. The molecular weight excluding hydrogens is 270 g/mol. The fraction of sp³-hybridized carbons (Fsp3) is 0.733. The first kappa shape index (κ1) is 15.4. The third-order valence-electron chi connectivity index (χ3n) is 4.14. The van der Waals surface area contributed by atoms with Gasteiger partial charge in [0.05, 0.1) is 11.2 Å². The first-order valence-corrected chi connectivity index (χ1v) is 8.29. The Kier molecular flexibility index (Phi) is 5.54. The Balaban J connectivity index is 1.89. The Morgan fingerprint density at radius 3 is 2.95 bits per heavy atom. The van der Waals surface area contributed by atoms with Crippen molar-refractivity contribution in [3.05, 3.63) is 16.1 Å². The fourth-order valence-corrected chi connectivity index (χ4v) is 3.49. The molecule has 1 amide bonds. The predicted molar refractivity (Wildman–Crippen MR) is 83.1 cm³/mol. The summed E-state index contributed by atoms with van der Waals surface area (Å²) in [4.78, 5) is 22.2. The predicted octanol–water partition coefficient (Wildman–Crippen LogP) is 2.33. The standard InChI is InChI=1S/C15H25N3OS/c1-12-14(20-11-16-12)7-8-15(19)18-9-5-4-6-13(10-18)17(2)3/h11,13H,4-10H2,1-3H3/t13-/m0/s1. The summed E-state index contributed by atoms with van der Waals surface area (Å²) in [5, 5.41) is 0. The van der Waals surface area contributed by atoms with Crippen molar-refractivity contribution in [1.82, 2.24) is 14.8 Å². The lowest BCUT2D eigenvalue weighted by Gasteiger charge is -2.28. The van der Waals surface area contributed by atoms with Crippen LogP contribution >= 0.6 is 11.3 Å². The molecule has 2 heterocycles. The van der Waals surface area contributed by atoms with Crippen LogP contribution in [0.15, 0.2) is 5.51 Å². The van der Waals surface area contributed by atoms with Gasteiger partial charge in [0.25, 0.3) is 0 Å². The summed E-state index contributed by atoms with van der Waals surface area (Å²) in [6, 6.07) is 0.506. The van der Waals surface area contributed by atoms with Crippen molar-refractivity contribution in [2.45, 2.75) is 45.1 Å². The summed E-state index contributed by atoms with van der Waals surface area (Å²) in [7, 11) is 4.22. The Morgan fingerprint density at radius 2 is 2.30 bits per heavy atom. The van der Waals surface area contributed by atoms with Gasteiger partial charge in [-0.05, 0) is 40.3 Å². The number of hydrogen-bond acceptors (Lipinski definition) is 4. The average Bonchev–Trinajstić information content (AvgIpc) is 2.67. The molecule has 20 heavy (non-hydrogen) atoms.